The maximum absolute atomic E-state index is 12.8. The number of nitrogens with one attached hydrogen (secondary N) is 2. The van der Waals surface area contributed by atoms with Crippen LogP contribution in [-0.4, -0.2) is 35.4 Å². The highest BCUT2D eigenvalue weighted by molar-refractivity contribution is 5.92. The van der Waals surface area contributed by atoms with E-state index < -0.39 is 0 Å². The first-order valence-corrected chi connectivity index (χ1v) is 10.5. The standard InChI is InChI=1S/C25H26N4O3/c1-16-4-6-20(12-17(16)2)28-25(31)29-11-9-18-5-7-21(13-19(18)15-29)32-22-8-10-27-23(14-22)24(30)26-3/h4-8,10,12-14H,9,11,15H2,1-3H3,(H,26,30)(H,28,31). The maximum atomic E-state index is 12.8. The molecule has 2 aromatic carbocycles. The molecule has 0 aliphatic carbocycles. The summed E-state index contributed by atoms with van der Waals surface area (Å²) in [5.41, 5.74) is 5.67. The highest BCUT2D eigenvalue weighted by atomic mass is 16.5. The first-order valence-electron chi connectivity index (χ1n) is 10.5. The molecule has 4 rings (SSSR count). The summed E-state index contributed by atoms with van der Waals surface area (Å²) in [6, 6.07) is 15.0. The van der Waals surface area contributed by atoms with Crippen molar-refractivity contribution < 1.29 is 14.3 Å². The van der Waals surface area contributed by atoms with Crippen molar-refractivity contribution in [1.82, 2.24) is 15.2 Å². The molecule has 0 bridgehead atoms. The van der Waals surface area contributed by atoms with Gasteiger partial charge in [-0.2, -0.15) is 0 Å². The fraction of sp³-hybridized carbons (Fsp3) is 0.240. The van der Waals surface area contributed by atoms with Gasteiger partial charge < -0.3 is 20.3 Å². The van der Waals surface area contributed by atoms with Crippen molar-refractivity contribution in [2.45, 2.75) is 26.8 Å². The number of rotatable bonds is 4. The minimum atomic E-state index is -0.272. The molecule has 0 saturated carbocycles. The molecule has 1 aliphatic rings. The molecule has 0 unspecified atom stereocenters. The molecule has 164 valence electrons. The maximum Gasteiger partial charge on any atom is 0.322 e. The van der Waals surface area contributed by atoms with E-state index in [1.54, 1.807) is 24.1 Å². The fourth-order valence-corrected chi connectivity index (χ4v) is 3.65. The molecule has 0 radical (unpaired) electrons. The Morgan fingerprint density at radius 3 is 2.56 bits per heavy atom. The molecule has 3 aromatic rings. The van der Waals surface area contributed by atoms with Crippen molar-refractivity contribution in [3.05, 3.63) is 82.7 Å². The number of hydrogen-bond donors (Lipinski definition) is 2. The van der Waals surface area contributed by atoms with E-state index in [0.717, 1.165) is 23.2 Å². The van der Waals surface area contributed by atoms with Crippen LogP contribution in [0.25, 0.3) is 0 Å². The van der Waals surface area contributed by atoms with Gasteiger partial charge >= 0.3 is 6.03 Å². The average Bonchev–Trinajstić information content (AvgIpc) is 2.80. The number of benzene rings is 2. The molecule has 32 heavy (non-hydrogen) atoms. The Labute approximate surface area is 187 Å². The van der Waals surface area contributed by atoms with Crippen LogP contribution < -0.4 is 15.4 Å². The first-order chi connectivity index (χ1) is 15.4. The third-order valence-electron chi connectivity index (χ3n) is 5.66. The van der Waals surface area contributed by atoms with Gasteiger partial charge in [0.1, 0.15) is 17.2 Å². The molecule has 1 aliphatic heterocycles. The zero-order valence-electron chi connectivity index (χ0n) is 18.4. The first kappa shape index (κ1) is 21.4. The summed E-state index contributed by atoms with van der Waals surface area (Å²) in [6.07, 6.45) is 2.32. The number of carbonyl (C=O) groups is 2. The fourth-order valence-electron chi connectivity index (χ4n) is 3.65. The van der Waals surface area contributed by atoms with Crippen LogP contribution >= 0.6 is 0 Å². The highest BCUT2D eigenvalue weighted by Crippen LogP contribution is 2.28. The van der Waals surface area contributed by atoms with Gasteiger partial charge in [0.15, 0.2) is 0 Å². The number of nitrogens with zero attached hydrogens (tertiary/aromatic N) is 2. The number of carbonyl (C=O) groups excluding carboxylic acids is 2. The third-order valence-corrected chi connectivity index (χ3v) is 5.66. The van der Waals surface area contributed by atoms with E-state index in [1.807, 2.05) is 50.2 Å². The molecule has 0 fully saturated rings. The Bertz CT molecular complexity index is 1180. The molecule has 0 atom stereocenters. The number of aryl methyl sites for hydroxylation is 2. The smallest absolute Gasteiger partial charge is 0.322 e. The number of ether oxygens (including phenoxy) is 1. The Morgan fingerprint density at radius 2 is 1.78 bits per heavy atom. The summed E-state index contributed by atoms with van der Waals surface area (Å²) < 4.78 is 5.96. The molecule has 1 aromatic heterocycles. The molecule has 7 nitrogen and oxygen atoms in total. The van der Waals surface area contributed by atoms with Gasteiger partial charge in [0.25, 0.3) is 5.91 Å². The minimum Gasteiger partial charge on any atom is -0.457 e. The lowest BCUT2D eigenvalue weighted by molar-refractivity contribution is 0.0958. The van der Waals surface area contributed by atoms with Gasteiger partial charge in [0.2, 0.25) is 0 Å². The van der Waals surface area contributed by atoms with E-state index in [2.05, 4.69) is 15.6 Å². The van der Waals surface area contributed by atoms with Gasteiger partial charge in [-0.25, -0.2) is 4.79 Å². The number of aromatic nitrogens is 1. The predicted octanol–water partition coefficient (Wildman–Crippen LogP) is 4.44. The molecule has 2 heterocycles. The van der Waals surface area contributed by atoms with E-state index >= 15 is 0 Å². The summed E-state index contributed by atoms with van der Waals surface area (Å²) >= 11 is 0. The SMILES string of the molecule is CNC(=O)c1cc(Oc2ccc3c(c2)CN(C(=O)Nc2ccc(C)c(C)c2)CC3)ccn1. The van der Waals surface area contributed by atoms with E-state index in [0.29, 0.717) is 24.6 Å². The average molecular weight is 431 g/mol. The summed E-state index contributed by atoms with van der Waals surface area (Å²) in [4.78, 5) is 30.5. The largest absolute Gasteiger partial charge is 0.457 e. The quantitative estimate of drug-likeness (QED) is 0.641. The third kappa shape index (κ3) is 4.72. The summed E-state index contributed by atoms with van der Waals surface area (Å²) in [5.74, 6) is 0.902. The van der Waals surface area contributed by atoms with Crippen molar-refractivity contribution in [2.24, 2.45) is 0 Å². The van der Waals surface area contributed by atoms with Crippen LogP contribution in [0.15, 0.2) is 54.7 Å². The molecule has 0 spiro atoms. The van der Waals surface area contributed by atoms with E-state index in [9.17, 15) is 9.59 Å². The second-order valence-corrected chi connectivity index (χ2v) is 7.89. The van der Waals surface area contributed by atoms with E-state index in [-0.39, 0.29) is 17.6 Å². The van der Waals surface area contributed by atoms with Gasteiger partial charge in [0, 0.05) is 38.1 Å². The molecular weight excluding hydrogens is 404 g/mol. The van der Waals surface area contributed by atoms with E-state index in [4.69, 9.17) is 4.74 Å². The van der Waals surface area contributed by atoms with Gasteiger partial charge in [-0.15, -0.1) is 0 Å². The Hall–Kier alpha value is -3.87. The number of fused-ring (bicyclic) bond motifs is 1. The summed E-state index contributed by atoms with van der Waals surface area (Å²) in [6.45, 7) is 5.24. The molecule has 3 amide bonds. The predicted molar refractivity (Wildman–Crippen MR) is 123 cm³/mol. The Kier molecular flexibility index (Phi) is 6.07. The van der Waals surface area contributed by atoms with E-state index in [1.165, 1.54) is 17.3 Å². The lowest BCUT2D eigenvalue weighted by Gasteiger charge is -2.29. The van der Waals surface area contributed by atoms with Crippen molar-refractivity contribution in [2.75, 3.05) is 18.9 Å². The van der Waals surface area contributed by atoms with Crippen LogP contribution in [0.4, 0.5) is 10.5 Å². The lowest BCUT2D eigenvalue weighted by Crippen LogP contribution is -2.38. The monoisotopic (exact) mass is 430 g/mol. The van der Waals surface area contributed by atoms with Crippen LogP contribution in [0, 0.1) is 13.8 Å². The summed E-state index contributed by atoms with van der Waals surface area (Å²) in [5, 5.41) is 5.55. The number of anilines is 1. The number of urea groups is 1. The van der Waals surface area contributed by atoms with Crippen LogP contribution in [-0.2, 0) is 13.0 Å². The molecule has 0 saturated heterocycles. The van der Waals surface area contributed by atoms with Gasteiger partial charge in [0.05, 0.1) is 0 Å². The van der Waals surface area contributed by atoms with Crippen LogP contribution in [0.3, 0.4) is 0 Å². The van der Waals surface area contributed by atoms with Crippen LogP contribution in [0.5, 0.6) is 11.5 Å². The Morgan fingerprint density at radius 1 is 0.969 bits per heavy atom. The number of pyridine rings is 1. The van der Waals surface area contributed by atoms with Gasteiger partial charge in [-0.1, -0.05) is 12.1 Å². The number of amides is 3. The van der Waals surface area contributed by atoms with Crippen molar-refractivity contribution in [1.29, 1.82) is 0 Å². The highest BCUT2D eigenvalue weighted by Gasteiger charge is 2.21. The van der Waals surface area contributed by atoms with Crippen molar-refractivity contribution >= 4 is 17.6 Å². The zero-order chi connectivity index (χ0) is 22.7. The Balaban J connectivity index is 1.46. The van der Waals surface area contributed by atoms with Gasteiger partial charge in [-0.3, -0.25) is 9.78 Å². The topological polar surface area (TPSA) is 83.6 Å². The zero-order valence-corrected chi connectivity index (χ0v) is 18.4. The second kappa shape index (κ2) is 9.09. The molecular formula is C25H26N4O3. The van der Waals surface area contributed by atoms with Crippen LogP contribution in [0.1, 0.15) is 32.7 Å². The molecule has 2 N–H and O–H groups in total. The van der Waals surface area contributed by atoms with Crippen molar-refractivity contribution in [3.63, 3.8) is 0 Å². The van der Waals surface area contributed by atoms with Crippen LogP contribution in [0.2, 0.25) is 0 Å². The molecule has 7 heteroatoms. The second-order valence-electron chi connectivity index (χ2n) is 7.89. The van der Waals surface area contributed by atoms with Crippen molar-refractivity contribution in [3.8, 4) is 11.5 Å². The normalized spacial score (nSPS) is 12.7. The number of hydrogen-bond acceptors (Lipinski definition) is 4. The lowest BCUT2D eigenvalue weighted by atomic mass is 9.99. The minimum absolute atomic E-state index is 0.116. The van der Waals surface area contributed by atoms with Gasteiger partial charge in [-0.05, 0) is 72.9 Å². The summed E-state index contributed by atoms with van der Waals surface area (Å²) in [7, 11) is 1.56.